The molecule has 0 unspecified atom stereocenters. The predicted octanol–water partition coefficient (Wildman–Crippen LogP) is 3.60. The van der Waals surface area contributed by atoms with E-state index in [1.807, 2.05) is 6.07 Å². The first-order chi connectivity index (χ1) is 10.9. The third-order valence-electron chi connectivity index (χ3n) is 4.32. The third kappa shape index (κ3) is 2.84. The Morgan fingerprint density at radius 2 is 2.04 bits per heavy atom. The number of fused-ring (bicyclic) bond motifs is 1. The lowest BCUT2D eigenvalue weighted by molar-refractivity contribution is -0.209. The lowest BCUT2D eigenvalue weighted by Gasteiger charge is -2.31. The van der Waals surface area contributed by atoms with E-state index in [1.165, 1.54) is 0 Å². The van der Waals surface area contributed by atoms with E-state index in [2.05, 4.69) is 6.07 Å². The smallest absolute Gasteiger partial charge is 0.382 e. The lowest BCUT2D eigenvalue weighted by atomic mass is 10.0. The monoisotopic (exact) mass is 320 g/mol. The van der Waals surface area contributed by atoms with Gasteiger partial charge in [-0.05, 0) is 41.8 Å². The Morgan fingerprint density at radius 3 is 2.74 bits per heavy atom. The fourth-order valence-electron chi connectivity index (χ4n) is 3.21. The quantitative estimate of drug-likeness (QED) is 0.919. The van der Waals surface area contributed by atoms with E-state index < -0.39 is 18.3 Å². The molecule has 0 amide bonds. The van der Waals surface area contributed by atoms with Gasteiger partial charge in [0.05, 0.1) is 17.7 Å². The van der Waals surface area contributed by atoms with Crippen molar-refractivity contribution in [2.45, 2.75) is 31.2 Å². The molecule has 6 heteroatoms. The van der Waals surface area contributed by atoms with Gasteiger partial charge in [-0.1, -0.05) is 18.2 Å². The fourth-order valence-corrected chi connectivity index (χ4v) is 3.21. The number of alkyl halides is 3. The number of hydrogen-bond donors (Lipinski definition) is 1. The normalized spacial score (nSPS) is 19.8. The van der Waals surface area contributed by atoms with Crippen molar-refractivity contribution in [2.75, 3.05) is 11.4 Å². The second kappa shape index (κ2) is 5.74. The van der Waals surface area contributed by atoms with Crippen LogP contribution in [-0.4, -0.2) is 30.0 Å². The molecule has 2 aromatic carbocycles. The summed E-state index contributed by atoms with van der Waals surface area (Å²) in [5, 5.41) is 20.3. The number of halogens is 3. The SMILES string of the molecule is N#Cc1cccc2cc(N3CCC[C@@H]3[C@@H](O)C(F)(F)F)ccc12. The van der Waals surface area contributed by atoms with Gasteiger partial charge in [0.1, 0.15) is 0 Å². The zero-order chi connectivity index (χ0) is 16.6. The van der Waals surface area contributed by atoms with Crippen LogP contribution in [-0.2, 0) is 0 Å². The molecule has 1 aliphatic heterocycles. The van der Waals surface area contributed by atoms with Gasteiger partial charge in [0, 0.05) is 12.2 Å². The van der Waals surface area contributed by atoms with Crippen molar-refractivity contribution in [1.29, 1.82) is 5.26 Å². The molecule has 1 aliphatic rings. The second-order valence-corrected chi connectivity index (χ2v) is 5.71. The summed E-state index contributed by atoms with van der Waals surface area (Å²) >= 11 is 0. The Morgan fingerprint density at radius 1 is 1.26 bits per heavy atom. The van der Waals surface area contributed by atoms with Crippen molar-refractivity contribution in [3.8, 4) is 6.07 Å². The number of anilines is 1. The number of hydrogen-bond acceptors (Lipinski definition) is 3. The standard InChI is InChI=1S/C17H15F3N2O/c18-17(19,20)16(23)15-5-2-8-22(15)13-6-7-14-11(9-13)3-1-4-12(14)10-21/h1,3-4,6-7,9,15-16,23H,2,5,8H2/t15-,16-/m1/s1. The third-order valence-corrected chi connectivity index (χ3v) is 4.32. The van der Waals surface area contributed by atoms with Crippen molar-refractivity contribution in [3.05, 3.63) is 42.0 Å². The van der Waals surface area contributed by atoms with E-state index in [0.29, 0.717) is 30.6 Å². The Bertz CT molecular complexity index is 767. The molecule has 23 heavy (non-hydrogen) atoms. The molecule has 0 spiro atoms. The summed E-state index contributed by atoms with van der Waals surface area (Å²) in [4.78, 5) is 1.61. The minimum Gasteiger partial charge on any atom is -0.382 e. The van der Waals surface area contributed by atoms with Crippen LogP contribution in [0.2, 0.25) is 0 Å². The molecule has 0 aromatic heterocycles. The number of benzene rings is 2. The van der Waals surface area contributed by atoms with E-state index in [0.717, 1.165) is 10.8 Å². The molecule has 3 nitrogen and oxygen atoms in total. The van der Waals surface area contributed by atoms with Gasteiger partial charge in [0.25, 0.3) is 0 Å². The van der Waals surface area contributed by atoms with Gasteiger partial charge in [-0.2, -0.15) is 18.4 Å². The van der Waals surface area contributed by atoms with E-state index in [9.17, 15) is 18.3 Å². The average molecular weight is 320 g/mol. The maximum Gasteiger partial charge on any atom is 0.416 e. The van der Waals surface area contributed by atoms with Crippen LogP contribution < -0.4 is 4.90 Å². The molecule has 2 aromatic rings. The van der Waals surface area contributed by atoms with Crippen molar-refractivity contribution in [1.82, 2.24) is 0 Å². The molecule has 0 bridgehead atoms. The number of aliphatic hydroxyl groups excluding tert-OH is 1. The van der Waals surface area contributed by atoms with Crippen LogP contribution in [0.1, 0.15) is 18.4 Å². The molecule has 120 valence electrons. The van der Waals surface area contributed by atoms with Crippen LogP contribution >= 0.6 is 0 Å². The highest BCUT2D eigenvalue weighted by molar-refractivity contribution is 5.90. The van der Waals surface area contributed by atoms with Crippen molar-refractivity contribution in [2.24, 2.45) is 0 Å². The van der Waals surface area contributed by atoms with Crippen LogP contribution in [0.4, 0.5) is 18.9 Å². The number of nitriles is 1. The summed E-state index contributed by atoms with van der Waals surface area (Å²) in [5.41, 5.74) is 1.17. The van der Waals surface area contributed by atoms with Crippen LogP contribution in [0.25, 0.3) is 10.8 Å². The molecule has 0 radical (unpaired) electrons. The number of nitrogens with zero attached hydrogens (tertiary/aromatic N) is 2. The molecule has 3 rings (SSSR count). The Hall–Kier alpha value is -2.26. The Balaban J connectivity index is 1.98. The van der Waals surface area contributed by atoms with Crippen molar-refractivity contribution >= 4 is 16.5 Å². The van der Waals surface area contributed by atoms with E-state index in [-0.39, 0.29) is 0 Å². The summed E-state index contributed by atoms with van der Waals surface area (Å²) in [6, 6.07) is 11.6. The molecular weight excluding hydrogens is 305 g/mol. The fraction of sp³-hybridized carbons (Fsp3) is 0.353. The highest BCUT2D eigenvalue weighted by atomic mass is 19.4. The van der Waals surface area contributed by atoms with Crippen LogP contribution in [0.5, 0.6) is 0 Å². The lowest BCUT2D eigenvalue weighted by Crippen LogP contribution is -2.47. The maximum atomic E-state index is 12.8. The minimum atomic E-state index is -4.63. The molecular formula is C17H15F3N2O. The maximum absolute atomic E-state index is 12.8. The van der Waals surface area contributed by atoms with Crippen molar-refractivity contribution in [3.63, 3.8) is 0 Å². The van der Waals surface area contributed by atoms with Gasteiger partial charge in [-0.25, -0.2) is 0 Å². The highest BCUT2D eigenvalue weighted by Crippen LogP contribution is 2.35. The predicted molar refractivity (Wildman–Crippen MR) is 81.1 cm³/mol. The summed E-state index contributed by atoms with van der Waals surface area (Å²) < 4.78 is 38.5. The van der Waals surface area contributed by atoms with Crippen LogP contribution in [0, 0.1) is 11.3 Å². The molecule has 1 saturated heterocycles. The van der Waals surface area contributed by atoms with E-state index in [1.54, 1.807) is 35.2 Å². The van der Waals surface area contributed by atoms with Gasteiger partial charge in [-0.15, -0.1) is 0 Å². The Labute approximate surface area is 131 Å². The van der Waals surface area contributed by atoms with E-state index in [4.69, 9.17) is 5.26 Å². The molecule has 1 fully saturated rings. The van der Waals surface area contributed by atoms with E-state index >= 15 is 0 Å². The van der Waals surface area contributed by atoms with Gasteiger partial charge in [-0.3, -0.25) is 0 Å². The first kappa shape index (κ1) is 15.6. The molecule has 1 heterocycles. The van der Waals surface area contributed by atoms with Crippen LogP contribution in [0.15, 0.2) is 36.4 Å². The largest absolute Gasteiger partial charge is 0.416 e. The number of aliphatic hydroxyl groups is 1. The van der Waals surface area contributed by atoms with Gasteiger partial charge in [0.15, 0.2) is 6.10 Å². The molecule has 2 atom stereocenters. The second-order valence-electron chi connectivity index (χ2n) is 5.71. The summed E-state index contributed by atoms with van der Waals surface area (Å²) in [6.45, 7) is 0.473. The molecule has 0 saturated carbocycles. The highest BCUT2D eigenvalue weighted by Gasteiger charge is 2.47. The molecule has 1 N–H and O–H groups in total. The first-order valence-corrected chi connectivity index (χ1v) is 7.36. The molecule has 0 aliphatic carbocycles. The minimum absolute atomic E-state index is 0.303. The Kier molecular flexibility index (Phi) is 3.90. The summed E-state index contributed by atoms with van der Waals surface area (Å²) in [5.74, 6) is 0. The van der Waals surface area contributed by atoms with Crippen LogP contribution in [0.3, 0.4) is 0 Å². The van der Waals surface area contributed by atoms with Gasteiger partial charge < -0.3 is 10.0 Å². The topological polar surface area (TPSA) is 47.3 Å². The van der Waals surface area contributed by atoms with Gasteiger partial charge >= 0.3 is 6.18 Å². The van der Waals surface area contributed by atoms with Gasteiger partial charge in [0.2, 0.25) is 0 Å². The summed E-state index contributed by atoms with van der Waals surface area (Å²) in [6.07, 6.45) is -6.07. The summed E-state index contributed by atoms with van der Waals surface area (Å²) in [7, 11) is 0. The first-order valence-electron chi connectivity index (χ1n) is 7.36. The zero-order valence-electron chi connectivity index (χ0n) is 12.2. The average Bonchev–Trinajstić information content (AvgIpc) is 3.01. The zero-order valence-corrected chi connectivity index (χ0v) is 12.2. The van der Waals surface area contributed by atoms with Crippen molar-refractivity contribution < 1.29 is 18.3 Å². The number of rotatable bonds is 2.